The van der Waals surface area contributed by atoms with Crippen molar-refractivity contribution >= 4 is 24.2 Å². The van der Waals surface area contributed by atoms with Crippen LogP contribution < -0.4 is 14.7 Å². The minimum Gasteiger partial charge on any atom is -0.497 e. The molecule has 0 spiro atoms. The molecule has 0 radical (unpaired) electrons. The van der Waals surface area contributed by atoms with E-state index in [0.717, 1.165) is 25.7 Å². The van der Waals surface area contributed by atoms with E-state index in [1.807, 2.05) is 13.8 Å². The van der Waals surface area contributed by atoms with Crippen LogP contribution in [0.1, 0.15) is 46.0 Å². The predicted octanol–water partition coefficient (Wildman–Crippen LogP) is 4.84. The molecule has 1 N–H and O–H groups in total. The molecule has 1 saturated carbocycles. The molecular weight excluding hydrogens is 393 g/mol. The van der Waals surface area contributed by atoms with Gasteiger partial charge in [-0.25, -0.2) is 9.36 Å². The highest BCUT2D eigenvalue weighted by molar-refractivity contribution is 7.82. The molecule has 9 heteroatoms. The van der Waals surface area contributed by atoms with Crippen LogP contribution in [-0.4, -0.2) is 25.2 Å². The van der Waals surface area contributed by atoms with Gasteiger partial charge in [-0.2, -0.15) is 5.48 Å². The number of carbonyl (C=O) groups is 1. The summed E-state index contributed by atoms with van der Waals surface area (Å²) in [5, 5.41) is 0. The first-order chi connectivity index (χ1) is 12.8. The molecule has 0 aliphatic heterocycles. The van der Waals surface area contributed by atoms with E-state index in [0.29, 0.717) is 5.75 Å². The minimum atomic E-state index is -4.16. The van der Waals surface area contributed by atoms with Crippen molar-refractivity contribution in [1.82, 2.24) is 5.48 Å². The molecule has 0 bridgehead atoms. The van der Waals surface area contributed by atoms with Gasteiger partial charge in [0.05, 0.1) is 13.2 Å². The van der Waals surface area contributed by atoms with Crippen LogP contribution in [0.5, 0.6) is 11.5 Å². The zero-order chi connectivity index (χ0) is 19.9. The SMILES string of the molecule is COc1ccc(OP(=O)(Cl)OC(=O)[C@@H](NOC2CCCCC2)C(C)C)cc1. The number of ether oxygens (including phenoxy) is 1. The number of rotatable bonds is 9. The molecule has 27 heavy (non-hydrogen) atoms. The van der Waals surface area contributed by atoms with Crippen LogP contribution in [0, 0.1) is 5.92 Å². The maximum absolute atomic E-state index is 12.4. The summed E-state index contributed by atoms with van der Waals surface area (Å²) < 4.78 is 27.5. The Morgan fingerprint density at radius 1 is 1.15 bits per heavy atom. The zero-order valence-electron chi connectivity index (χ0n) is 15.9. The largest absolute Gasteiger partial charge is 0.532 e. The van der Waals surface area contributed by atoms with Gasteiger partial charge < -0.3 is 13.8 Å². The highest BCUT2D eigenvalue weighted by atomic mass is 35.7. The molecule has 0 amide bonds. The average molecular weight is 420 g/mol. The first-order valence-corrected chi connectivity index (χ1v) is 11.5. The van der Waals surface area contributed by atoms with E-state index in [9.17, 15) is 9.36 Å². The molecule has 1 aliphatic carbocycles. The maximum Gasteiger partial charge on any atom is 0.532 e. The summed E-state index contributed by atoms with van der Waals surface area (Å²) in [7, 11) is 1.53. The second kappa shape index (κ2) is 10.3. The van der Waals surface area contributed by atoms with Crippen LogP contribution in [-0.2, 0) is 18.7 Å². The molecule has 1 fully saturated rings. The third kappa shape index (κ3) is 7.34. The Bertz CT molecular complexity index is 648. The van der Waals surface area contributed by atoms with Crippen LogP contribution in [0.2, 0.25) is 0 Å². The molecule has 0 aromatic heterocycles. The summed E-state index contributed by atoms with van der Waals surface area (Å²) in [6.07, 6.45) is 5.37. The van der Waals surface area contributed by atoms with E-state index in [-0.39, 0.29) is 17.8 Å². The first-order valence-electron chi connectivity index (χ1n) is 9.08. The Kier molecular flexibility index (Phi) is 8.42. The van der Waals surface area contributed by atoms with E-state index in [4.69, 9.17) is 29.9 Å². The van der Waals surface area contributed by atoms with Crippen molar-refractivity contribution in [2.24, 2.45) is 5.92 Å². The molecule has 0 heterocycles. The standard InChI is InChI=1S/C18H27ClNO6P/c1-13(2)17(20-24-15-7-5-4-6-8-15)18(21)26-27(19,22)25-16-11-9-14(23-3)10-12-16/h9-13,15,17,20H,4-8H2,1-3H3/t17-,27?/m0/s1. The van der Waals surface area contributed by atoms with Crippen LogP contribution in [0.3, 0.4) is 0 Å². The van der Waals surface area contributed by atoms with Gasteiger partial charge in [-0.05, 0) is 43.0 Å². The lowest BCUT2D eigenvalue weighted by atomic mass is 9.98. The smallest absolute Gasteiger partial charge is 0.497 e. The van der Waals surface area contributed by atoms with Crippen LogP contribution in [0.25, 0.3) is 0 Å². The lowest BCUT2D eigenvalue weighted by Gasteiger charge is -2.26. The molecule has 152 valence electrons. The number of hydrogen-bond acceptors (Lipinski definition) is 7. The number of halogens is 1. The van der Waals surface area contributed by atoms with Gasteiger partial charge in [0, 0.05) is 11.2 Å². The Morgan fingerprint density at radius 3 is 2.30 bits per heavy atom. The highest BCUT2D eigenvalue weighted by Crippen LogP contribution is 2.53. The van der Waals surface area contributed by atoms with Crippen molar-refractivity contribution in [3.05, 3.63) is 24.3 Å². The van der Waals surface area contributed by atoms with Crippen LogP contribution >= 0.6 is 18.2 Å². The van der Waals surface area contributed by atoms with Crippen LogP contribution in [0.15, 0.2) is 24.3 Å². The number of hydroxylamine groups is 1. The summed E-state index contributed by atoms with van der Waals surface area (Å²) >= 11 is 5.83. The van der Waals surface area contributed by atoms with Crippen LogP contribution in [0.4, 0.5) is 0 Å². The summed E-state index contributed by atoms with van der Waals surface area (Å²) in [4.78, 5) is 18.1. The highest BCUT2D eigenvalue weighted by Gasteiger charge is 2.34. The summed E-state index contributed by atoms with van der Waals surface area (Å²) in [5.41, 5.74) is 2.76. The van der Waals surface area contributed by atoms with Crippen molar-refractivity contribution in [3.63, 3.8) is 0 Å². The van der Waals surface area contributed by atoms with Crippen molar-refractivity contribution in [3.8, 4) is 11.5 Å². The lowest BCUT2D eigenvalue weighted by Crippen LogP contribution is -2.43. The van der Waals surface area contributed by atoms with E-state index in [1.165, 1.54) is 25.7 Å². The number of hydrogen-bond donors (Lipinski definition) is 1. The fourth-order valence-electron chi connectivity index (χ4n) is 2.75. The fourth-order valence-corrected chi connectivity index (χ4v) is 3.94. The van der Waals surface area contributed by atoms with E-state index in [2.05, 4.69) is 5.48 Å². The molecule has 1 aromatic rings. The predicted molar refractivity (Wildman–Crippen MR) is 103 cm³/mol. The molecule has 2 rings (SSSR count). The second-order valence-corrected chi connectivity index (χ2v) is 9.29. The molecule has 1 aromatic carbocycles. The van der Waals surface area contributed by atoms with Gasteiger partial charge in [0.1, 0.15) is 17.5 Å². The van der Waals surface area contributed by atoms with Gasteiger partial charge >= 0.3 is 12.9 Å². The zero-order valence-corrected chi connectivity index (χ0v) is 17.5. The molecule has 2 atom stereocenters. The van der Waals surface area contributed by atoms with Crippen molar-refractivity contribution in [2.45, 2.75) is 58.1 Å². The van der Waals surface area contributed by atoms with Crippen molar-refractivity contribution < 1.29 is 28.0 Å². The molecule has 0 saturated heterocycles. The third-order valence-electron chi connectivity index (χ3n) is 4.31. The first kappa shape index (κ1) is 22.0. The lowest BCUT2D eigenvalue weighted by molar-refractivity contribution is -0.146. The Hall–Kier alpha value is -1.27. The van der Waals surface area contributed by atoms with Gasteiger partial charge in [-0.1, -0.05) is 33.1 Å². The van der Waals surface area contributed by atoms with Gasteiger partial charge in [0.2, 0.25) is 0 Å². The van der Waals surface area contributed by atoms with E-state index >= 15 is 0 Å². The maximum atomic E-state index is 12.4. The monoisotopic (exact) mass is 419 g/mol. The molecular formula is C18H27ClNO6P. The summed E-state index contributed by atoms with van der Waals surface area (Å²) in [5.74, 6) is -0.131. The van der Waals surface area contributed by atoms with Gasteiger partial charge in [-0.15, -0.1) is 0 Å². The van der Waals surface area contributed by atoms with Crippen molar-refractivity contribution in [2.75, 3.05) is 7.11 Å². The molecule has 7 nitrogen and oxygen atoms in total. The quantitative estimate of drug-likeness (QED) is 0.452. The second-order valence-electron chi connectivity index (χ2n) is 6.83. The van der Waals surface area contributed by atoms with Gasteiger partial charge in [0.15, 0.2) is 0 Å². The van der Waals surface area contributed by atoms with Crippen molar-refractivity contribution in [1.29, 1.82) is 0 Å². The normalized spacial score (nSPS) is 18.6. The topological polar surface area (TPSA) is 83.1 Å². The van der Waals surface area contributed by atoms with Gasteiger partial charge in [0.25, 0.3) is 0 Å². The molecule has 1 aliphatic rings. The fraction of sp³-hybridized carbons (Fsp3) is 0.611. The number of benzene rings is 1. The Labute approximate surface area is 164 Å². The molecule has 1 unspecified atom stereocenters. The van der Waals surface area contributed by atoms with E-state index < -0.39 is 19.0 Å². The minimum absolute atomic E-state index is 0.0613. The number of nitrogens with one attached hydrogen (secondary N) is 1. The number of methoxy groups -OCH3 is 1. The number of carbonyl (C=O) groups excluding carboxylic acids is 1. The summed E-state index contributed by atoms with van der Waals surface area (Å²) in [6.45, 7) is -0.505. The average Bonchev–Trinajstić information content (AvgIpc) is 2.62. The van der Waals surface area contributed by atoms with E-state index in [1.54, 1.807) is 12.1 Å². The summed E-state index contributed by atoms with van der Waals surface area (Å²) in [6, 6.07) is 5.46. The third-order valence-corrected chi connectivity index (χ3v) is 5.55. The Morgan fingerprint density at radius 2 is 1.74 bits per heavy atom. The Balaban J connectivity index is 1.92. The van der Waals surface area contributed by atoms with Gasteiger partial charge in [-0.3, -0.25) is 4.84 Å².